The summed E-state index contributed by atoms with van der Waals surface area (Å²) in [5, 5.41) is 15.1. The summed E-state index contributed by atoms with van der Waals surface area (Å²) in [6.07, 6.45) is 0.841. The van der Waals surface area contributed by atoms with Gasteiger partial charge in [0.25, 0.3) is 0 Å². The lowest BCUT2D eigenvalue weighted by atomic mass is 10.1. The van der Waals surface area contributed by atoms with Gasteiger partial charge in [-0.1, -0.05) is 0 Å². The molecule has 1 aliphatic heterocycles. The summed E-state index contributed by atoms with van der Waals surface area (Å²) in [5.41, 5.74) is 1.58. The van der Waals surface area contributed by atoms with Crippen LogP contribution in [0, 0.1) is 17.1 Å². The Kier molecular flexibility index (Phi) is 5.54. The van der Waals surface area contributed by atoms with E-state index in [1.807, 2.05) is 24.3 Å². The number of ether oxygens (including phenoxy) is 2. The molecule has 0 fully saturated rings. The monoisotopic (exact) mass is 354 g/mol. The van der Waals surface area contributed by atoms with Crippen LogP contribution in [0.15, 0.2) is 41.4 Å². The van der Waals surface area contributed by atoms with Crippen molar-refractivity contribution in [3.63, 3.8) is 0 Å². The van der Waals surface area contributed by atoms with Crippen LogP contribution < -0.4 is 20.1 Å². The molecule has 0 spiro atoms. The predicted octanol–water partition coefficient (Wildman–Crippen LogP) is 3.05. The number of hydrogen-bond acceptors (Lipinski definition) is 4. The van der Waals surface area contributed by atoms with Crippen LogP contribution in [0.1, 0.15) is 17.5 Å². The number of rotatable bonds is 3. The second-order valence-corrected chi connectivity index (χ2v) is 5.68. The Labute approximate surface area is 151 Å². The maximum Gasteiger partial charge on any atom is 0.195 e. The summed E-state index contributed by atoms with van der Waals surface area (Å²) < 4.78 is 25.2. The number of nitrogens with one attached hydrogen (secondary N) is 2. The van der Waals surface area contributed by atoms with Crippen LogP contribution in [0.4, 0.5) is 10.1 Å². The van der Waals surface area contributed by atoms with Gasteiger partial charge in [0.2, 0.25) is 0 Å². The van der Waals surface area contributed by atoms with Gasteiger partial charge in [0.15, 0.2) is 17.5 Å². The van der Waals surface area contributed by atoms with Gasteiger partial charge in [-0.05, 0) is 30.3 Å². The molecule has 26 heavy (non-hydrogen) atoms. The van der Waals surface area contributed by atoms with Gasteiger partial charge in [0.1, 0.15) is 5.82 Å². The van der Waals surface area contributed by atoms with Gasteiger partial charge in [-0.15, -0.1) is 0 Å². The van der Waals surface area contributed by atoms with Crippen molar-refractivity contribution in [1.82, 2.24) is 5.32 Å². The molecule has 0 aliphatic carbocycles. The molecular formula is C19H19FN4O2. The first-order valence-electron chi connectivity index (χ1n) is 8.25. The molecule has 2 aromatic carbocycles. The number of benzene rings is 2. The van der Waals surface area contributed by atoms with E-state index in [1.54, 1.807) is 7.05 Å². The van der Waals surface area contributed by atoms with Crippen molar-refractivity contribution < 1.29 is 13.9 Å². The fourth-order valence-electron chi connectivity index (χ4n) is 2.52. The minimum absolute atomic E-state index is 0.200. The first-order chi connectivity index (χ1) is 12.7. The lowest BCUT2D eigenvalue weighted by molar-refractivity contribution is 0.297. The number of aliphatic imine (C=N–C) groups is 1. The van der Waals surface area contributed by atoms with Crippen molar-refractivity contribution in [2.24, 2.45) is 4.99 Å². The van der Waals surface area contributed by atoms with E-state index in [0.29, 0.717) is 41.8 Å². The summed E-state index contributed by atoms with van der Waals surface area (Å²) in [6, 6.07) is 11.8. The van der Waals surface area contributed by atoms with Crippen LogP contribution in [-0.2, 0) is 6.54 Å². The van der Waals surface area contributed by atoms with E-state index in [0.717, 1.165) is 12.1 Å². The zero-order chi connectivity index (χ0) is 18.4. The van der Waals surface area contributed by atoms with Gasteiger partial charge >= 0.3 is 0 Å². The summed E-state index contributed by atoms with van der Waals surface area (Å²) in [4.78, 5) is 4.14. The minimum atomic E-state index is -0.373. The number of fused-ring (bicyclic) bond motifs is 1. The third kappa shape index (κ3) is 4.22. The van der Waals surface area contributed by atoms with Gasteiger partial charge in [-0.3, -0.25) is 4.99 Å². The van der Waals surface area contributed by atoms with Gasteiger partial charge in [-0.2, -0.15) is 5.26 Å². The molecule has 0 unspecified atom stereocenters. The third-order valence-corrected chi connectivity index (χ3v) is 3.85. The van der Waals surface area contributed by atoms with E-state index >= 15 is 0 Å². The molecule has 0 amide bonds. The maximum absolute atomic E-state index is 13.9. The highest BCUT2D eigenvalue weighted by atomic mass is 19.1. The lowest BCUT2D eigenvalue weighted by Gasteiger charge is -2.14. The van der Waals surface area contributed by atoms with Gasteiger partial charge in [0, 0.05) is 37.3 Å². The standard InChI is InChI=1S/C19H19FN4O2/c1-22-19(23-12-14-9-13(11-21)3-5-16(14)20)24-15-4-6-17-18(10-15)26-8-2-7-25-17/h3-6,9-10H,2,7-8,12H2,1H3,(H2,22,23,24). The fraction of sp³-hybridized carbons (Fsp3) is 0.263. The zero-order valence-corrected chi connectivity index (χ0v) is 14.4. The summed E-state index contributed by atoms with van der Waals surface area (Å²) >= 11 is 0. The molecule has 0 aromatic heterocycles. The third-order valence-electron chi connectivity index (χ3n) is 3.85. The van der Waals surface area contributed by atoms with Gasteiger partial charge in [-0.25, -0.2) is 4.39 Å². The van der Waals surface area contributed by atoms with Gasteiger partial charge in [0.05, 0.1) is 24.8 Å². The van der Waals surface area contributed by atoms with E-state index in [9.17, 15) is 4.39 Å². The first-order valence-corrected chi connectivity index (χ1v) is 8.25. The molecule has 0 saturated carbocycles. The SMILES string of the molecule is CN=C(NCc1cc(C#N)ccc1F)Nc1ccc2c(c1)OCCCO2. The molecule has 0 radical (unpaired) electrons. The van der Waals surface area contributed by atoms with Crippen molar-refractivity contribution >= 4 is 11.6 Å². The smallest absolute Gasteiger partial charge is 0.195 e. The minimum Gasteiger partial charge on any atom is -0.490 e. The van der Waals surface area contributed by atoms with Crippen molar-refractivity contribution in [3.05, 3.63) is 53.3 Å². The van der Waals surface area contributed by atoms with Crippen LogP contribution in [0.2, 0.25) is 0 Å². The second kappa shape index (κ2) is 8.21. The lowest BCUT2D eigenvalue weighted by Crippen LogP contribution is -2.30. The molecule has 1 aliphatic rings. The average molecular weight is 354 g/mol. The van der Waals surface area contributed by atoms with E-state index in [2.05, 4.69) is 15.6 Å². The summed E-state index contributed by atoms with van der Waals surface area (Å²) in [5.74, 6) is 1.49. The molecule has 1 heterocycles. The van der Waals surface area contributed by atoms with Crippen LogP contribution in [0.3, 0.4) is 0 Å². The Balaban J connectivity index is 1.67. The molecule has 6 nitrogen and oxygen atoms in total. The van der Waals surface area contributed by atoms with E-state index in [1.165, 1.54) is 18.2 Å². The van der Waals surface area contributed by atoms with Crippen LogP contribution in [0.5, 0.6) is 11.5 Å². The normalized spacial score (nSPS) is 13.5. The number of nitrogens with zero attached hydrogens (tertiary/aromatic N) is 2. The molecule has 2 aromatic rings. The van der Waals surface area contributed by atoms with Crippen LogP contribution in [0.25, 0.3) is 0 Å². The van der Waals surface area contributed by atoms with Gasteiger partial charge < -0.3 is 20.1 Å². The highest BCUT2D eigenvalue weighted by molar-refractivity contribution is 5.93. The van der Waals surface area contributed by atoms with E-state index in [-0.39, 0.29) is 12.4 Å². The maximum atomic E-state index is 13.9. The molecule has 2 N–H and O–H groups in total. The number of guanidine groups is 1. The Morgan fingerprint density at radius 2 is 2.00 bits per heavy atom. The fourth-order valence-corrected chi connectivity index (χ4v) is 2.52. The quantitative estimate of drug-likeness (QED) is 0.654. The Bertz CT molecular complexity index is 861. The Hall–Kier alpha value is -3.27. The number of anilines is 1. The average Bonchev–Trinajstić information content (AvgIpc) is 2.91. The number of hydrogen-bond donors (Lipinski definition) is 2. The van der Waals surface area contributed by atoms with Crippen molar-refractivity contribution in [3.8, 4) is 17.6 Å². The number of nitriles is 1. The highest BCUT2D eigenvalue weighted by Crippen LogP contribution is 2.32. The molecule has 0 atom stereocenters. The molecule has 134 valence electrons. The molecule has 0 saturated heterocycles. The molecule has 0 bridgehead atoms. The van der Waals surface area contributed by atoms with Crippen molar-refractivity contribution in [2.45, 2.75) is 13.0 Å². The van der Waals surface area contributed by atoms with Crippen LogP contribution in [-0.4, -0.2) is 26.2 Å². The molecule has 7 heteroatoms. The largest absolute Gasteiger partial charge is 0.490 e. The van der Waals surface area contributed by atoms with Crippen molar-refractivity contribution in [2.75, 3.05) is 25.6 Å². The Morgan fingerprint density at radius 3 is 2.77 bits per heavy atom. The predicted molar refractivity (Wildman–Crippen MR) is 97.0 cm³/mol. The number of halogens is 1. The summed E-state index contributed by atoms with van der Waals surface area (Å²) in [6.45, 7) is 1.44. The highest BCUT2D eigenvalue weighted by Gasteiger charge is 2.11. The first kappa shape index (κ1) is 17.5. The molecular weight excluding hydrogens is 335 g/mol. The summed E-state index contributed by atoms with van der Waals surface area (Å²) in [7, 11) is 1.63. The van der Waals surface area contributed by atoms with Crippen LogP contribution >= 0.6 is 0 Å². The second-order valence-electron chi connectivity index (χ2n) is 5.68. The molecule has 3 rings (SSSR count). The van der Waals surface area contributed by atoms with Crippen molar-refractivity contribution in [1.29, 1.82) is 5.26 Å². The Morgan fingerprint density at radius 1 is 1.19 bits per heavy atom. The topological polar surface area (TPSA) is 78.7 Å². The zero-order valence-electron chi connectivity index (χ0n) is 14.4. The van der Waals surface area contributed by atoms with E-state index < -0.39 is 0 Å². The van der Waals surface area contributed by atoms with E-state index in [4.69, 9.17) is 14.7 Å².